The van der Waals surface area contributed by atoms with E-state index >= 15 is 0 Å². The maximum absolute atomic E-state index is 3.80. The molecule has 21 heavy (non-hydrogen) atoms. The van der Waals surface area contributed by atoms with E-state index in [0.717, 1.165) is 17.8 Å². The first-order valence-corrected chi connectivity index (χ1v) is 9.71. The number of thiophene rings is 1. The van der Waals surface area contributed by atoms with E-state index in [9.17, 15) is 0 Å². The highest BCUT2D eigenvalue weighted by Crippen LogP contribution is 2.57. The number of nitrogens with one attached hydrogen (secondary N) is 1. The van der Waals surface area contributed by atoms with Crippen molar-refractivity contribution in [1.82, 2.24) is 5.32 Å². The lowest BCUT2D eigenvalue weighted by molar-refractivity contribution is 0.156. The van der Waals surface area contributed by atoms with Gasteiger partial charge in [-0.05, 0) is 74.0 Å². The van der Waals surface area contributed by atoms with Crippen LogP contribution >= 0.6 is 11.3 Å². The van der Waals surface area contributed by atoms with Crippen LogP contribution in [-0.4, -0.2) is 13.1 Å². The van der Waals surface area contributed by atoms with Gasteiger partial charge in [0.15, 0.2) is 0 Å². The average Bonchev–Trinajstić information content (AvgIpc) is 3.13. The van der Waals surface area contributed by atoms with Gasteiger partial charge < -0.3 is 5.32 Å². The van der Waals surface area contributed by atoms with Crippen molar-refractivity contribution in [3.63, 3.8) is 0 Å². The maximum atomic E-state index is 3.80. The quantitative estimate of drug-likeness (QED) is 0.755. The van der Waals surface area contributed by atoms with Crippen molar-refractivity contribution in [2.24, 2.45) is 23.2 Å². The van der Waals surface area contributed by atoms with Crippen LogP contribution in [0.25, 0.3) is 0 Å². The minimum atomic E-state index is 0.563. The zero-order chi connectivity index (χ0) is 14.9. The van der Waals surface area contributed by atoms with Gasteiger partial charge >= 0.3 is 0 Å². The summed E-state index contributed by atoms with van der Waals surface area (Å²) in [7, 11) is 0. The summed E-state index contributed by atoms with van der Waals surface area (Å²) in [5.74, 6) is 2.77. The van der Waals surface area contributed by atoms with Crippen molar-refractivity contribution >= 4 is 11.3 Å². The smallest absolute Gasteiger partial charge is 0.00542 e. The maximum Gasteiger partial charge on any atom is 0.00542 e. The third-order valence-corrected chi connectivity index (χ3v) is 6.95. The Morgan fingerprint density at radius 3 is 2.67 bits per heavy atom. The topological polar surface area (TPSA) is 12.0 Å². The van der Waals surface area contributed by atoms with Crippen molar-refractivity contribution in [2.75, 3.05) is 13.1 Å². The van der Waals surface area contributed by atoms with E-state index in [4.69, 9.17) is 0 Å². The Kier molecular flexibility index (Phi) is 4.75. The predicted octanol–water partition coefficient (Wildman–Crippen LogP) is 4.91. The van der Waals surface area contributed by atoms with Gasteiger partial charge in [0.05, 0.1) is 0 Å². The fraction of sp³-hybridized carbons (Fsp3) is 0.789. The molecule has 3 unspecified atom stereocenters. The lowest BCUT2D eigenvalue weighted by Gasteiger charge is -2.38. The molecule has 2 heteroatoms. The minimum Gasteiger partial charge on any atom is -0.316 e. The first-order chi connectivity index (χ1) is 10.1. The van der Waals surface area contributed by atoms with Gasteiger partial charge in [-0.25, -0.2) is 0 Å². The molecule has 0 saturated heterocycles. The minimum absolute atomic E-state index is 0.563. The molecule has 118 valence electrons. The highest BCUT2D eigenvalue weighted by molar-refractivity contribution is 7.11. The zero-order valence-electron chi connectivity index (χ0n) is 14.0. The molecule has 1 nitrogen and oxygen atoms in total. The van der Waals surface area contributed by atoms with Crippen molar-refractivity contribution in [3.8, 4) is 0 Å². The molecule has 0 spiro atoms. The third-order valence-electron chi connectivity index (χ3n) is 5.72. The summed E-state index contributed by atoms with van der Waals surface area (Å²) in [6.07, 6.45) is 8.48. The summed E-state index contributed by atoms with van der Waals surface area (Å²) in [6.45, 7) is 9.31. The van der Waals surface area contributed by atoms with E-state index in [1.54, 1.807) is 9.75 Å². The van der Waals surface area contributed by atoms with Crippen LogP contribution in [0.5, 0.6) is 0 Å². The van der Waals surface area contributed by atoms with Crippen molar-refractivity contribution in [2.45, 2.75) is 59.3 Å². The molecule has 2 saturated carbocycles. The fourth-order valence-corrected chi connectivity index (χ4v) is 5.83. The van der Waals surface area contributed by atoms with Crippen LogP contribution < -0.4 is 5.32 Å². The monoisotopic (exact) mass is 305 g/mol. The lowest BCUT2D eigenvalue weighted by atomic mass is 9.70. The Bertz CT molecular complexity index is 464. The van der Waals surface area contributed by atoms with Gasteiger partial charge in [0.25, 0.3) is 0 Å². The summed E-state index contributed by atoms with van der Waals surface area (Å²) in [4.78, 5) is 3.18. The second kappa shape index (κ2) is 6.42. The number of hydrogen-bond acceptors (Lipinski definition) is 2. The fourth-order valence-electron chi connectivity index (χ4n) is 4.72. The van der Waals surface area contributed by atoms with E-state index in [-0.39, 0.29) is 0 Å². The van der Waals surface area contributed by atoms with Crippen LogP contribution in [0, 0.1) is 23.2 Å². The average molecular weight is 306 g/mol. The summed E-state index contributed by atoms with van der Waals surface area (Å²) in [5, 5.41) is 3.80. The van der Waals surface area contributed by atoms with Crippen LogP contribution in [0.2, 0.25) is 0 Å². The molecule has 2 bridgehead atoms. The summed E-state index contributed by atoms with van der Waals surface area (Å²) in [5.41, 5.74) is 0.563. The van der Waals surface area contributed by atoms with E-state index in [0.29, 0.717) is 5.41 Å². The number of hydrogen-bond donors (Lipinski definition) is 1. The molecule has 1 aromatic rings. The van der Waals surface area contributed by atoms with Crippen LogP contribution in [0.4, 0.5) is 0 Å². The lowest BCUT2D eigenvalue weighted by Crippen LogP contribution is -2.41. The Labute approximate surface area is 134 Å². The van der Waals surface area contributed by atoms with Crippen molar-refractivity contribution < 1.29 is 0 Å². The van der Waals surface area contributed by atoms with Crippen LogP contribution in [-0.2, 0) is 12.8 Å². The molecule has 3 rings (SSSR count). The molecule has 1 N–H and O–H groups in total. The molecule has 2 aliphatic rings. The van der Waals surface area contributed by atoms with Gasteiger partial charge in [-0.2, -0.15) is 0 Å². The second-order valence-corrected chi connectivity index (χ2v) is 9.12. The Morgan fingerprint density at radius 2 is 2.10 bits per heavy atom. The summed E-state index contributed by atoms with van der Waals surface area (Å²) < 4.78 is 0. The highest BCUT2D eigenvalue weighted by atomic mass is 32.1. The second-order valence-electron chi connectivity index (χ2n) is 7.87. The largest absolute Gasteiger partial charge is 0.316 e. The molecule has 1 heterocycles. The highest BCUT2D eigenvalue weighted by Gasteiger charge is 2.50. The molecule has 2 aliphatic carbocycles. The third kappa shape index (κ3) is 3.37. The van der Waals surface area contributed by atoms with Crippen LogP contribution in [0.3, 0.4) is 0 Å². The summed E-state index contributed by atoms with van der Waals surface area (Å²) >= 11 is 2.06. The van der Waals surface area contributed by atoms with E-state index in [1.165, 1.54) is 51.6 Å². The number of aryl methyl sites for hydroxylation is 1. The molecule has 0 aliphatic heterocycles. The first kappa shape index (κ1) is 15.6. The molecular formula is C19H31NS. The zero-order valence-corrected chi connectivity index (χ0v) is 14.8. The van der Waals surface area contributed by atoms with E-state index in [2.05, 4.69) is 49.6 Å². The van der Waals surface area contributed by atoms with Gasteiger partial charge in [0.2, 0.25) is 0 Å². The van der Waals surface area contributed by atoms with Gasteiger partial charge in [0, 0.05) is 16.3 Å². The molecule has 0 amide bonds. The van der Waals surface area contributed by atoms with Gasteiger partial charge in [-0.3, -0.25) is 0 Å². The van der Waals surface area contributed by atoms with Gasteiger partial charge in [-0.15, -0.1) is 11.3 Å². The molecule has 0 aromatic carbocycles. The van der Waals surface area contributed by atoms with E-state index in [1.807, 2.05) is 0 Å². The van der Waals surface area contributed by atoms with E-state index < -0.39 is 0 Å². The molecule has 2 fully saturated rings. The Balaban J connectivity index is 1.70. The SMILES string of the molecule is CCc1ccc(CC2(CNCC(C)C)CC3CCC2C3)s1. The van der Waals surface area contributed by atoms with Gasteiger partial charge in [0.1, 0.15) is 0 Å². The van der Waals surface area contributed by atoms with Gasteiger partial charge in [-0.1, -0.05) is 27.2 Å². The van der Waals surface area contributed by atoms with Crippen molar-refractivity contribution in [3.05, 3.63) is 21.9 Å². The molecule has 0 radical (unpaired) electrons. The standard InChI is InChI=1S/C19H31NS/c1-4-17-7-8-18(21-17)11-19(13-20-12-14(2)3)10-15-5-6-16(19)9-15/h7-8,14-16,20H,4-6,9-13H2,1-3H3. The molecule has 3 atom stereocenters. The van der Waals surface area contributed by atoms with Crippen LogP contribution in [0.1, 0.15) is 56.2 Å². The molecular weight excluding hydrogens is 274 g/mol. The summed E-state index contributed by atoms with van der Waals surface area (Å²) in [6, 6.07) is 4.75. The van der Waals surface area contributed by atoms with Crippen molar-refractivity contribution in [1.29, 1.82) is 0 Å². The predicted molar refractivity (Wildman–Crippen MR) is 93.0 cm³/mol. The Hall–Kier alpha value is -0.340. The Morgan fingerprint density at radius 1 is 1.29 bits per heavy atom. The normalized spacial score (nSPS) is 31.4. The number of fused-ring (bicyclic) bond motifs is 2. The molecule has 1 aromatic heterocycles. The number of rotatable bonds is 7. The first-order valence-electron chi connectivity index (χ1n) is 8.89. The van der Waals surface area contributed by atoms with Crippen LogP contribution in [0.15, 0.2) is 12.1 Å².